The monoisotopic (exact) mass is 245 g/mol. The van der Waals surface area contributed by atoms with Crippen molar-refractivity contribution in [3.05, 3.63) is 11.0 Å². The summed E-state index contributed by atoms with van der Waals surface area (Å²) in [6.45, 7) is 3.34. The maximum atomic E-state index is 11.5. The summed E-state index contributed by atoms with van der Waals surface area (Å²) in [4.78, 5) is 15.7. The van der Waals surface area contributed by atoms with Crippen molar-refractivity contribution < 1.29 is 17.9 Å². The largest absolute Gasteiger partial charge is 0.469 e. The Morgan fingerprint density at radius 2 is 2.06 bits per heavy atom. The minimum Gasteiger partial charge on any atom is -0.469 e. The summed E-state index contributed by atoms with van der Waals surface area (Å²) in [6.07, 6.45) is 3.87. The van der Waals surface area contributed by atoms with Crippen LogP contribution < -0.4 is 0 Å². The molecule has 0 saturated heterocycles. The van der Waals surface area contributed by atoms with Crippen molar-refractivity contribution in [1.29, 1.82) is 0 Å². The number of rotatable bonds is 3. The maximum Gasteiger partial charge on any atom is 0.313 e. The Morgan fingerprint density at radius 1 is 1.50 bits per heavy atom. The normalized spacial score (nSPS) is 20.8. The van der Waals surface area contributed by atoms with Gasteiger partial charge in [0.25, 0.3) is 0 Å². The molecule has 1 unspecified atom stereocenters. The fourth-order valence-corrected chi connectivity index (χ4v) is 2.02. The summed E-state index contributed by atoms with van der Waals surface area (Å²) in [5.41, 5.74) is -0.863. The highest BCUT2D eigenvalue weighted by molar-refractivity contribution is 7.95. The standard InChI is InChI=1S/C10H15NO4S/c1-10(2,9(12)15-3)8-5-7(6-11-8)16(4,13)14/h5-6,8H,1-4H3. The van der Waals surface area contributed by atoms with Gasteiger partial charge in [0, 0.05) is 12.5 Å². The molecule has 0 amide bonds. The number of allylic oxidation sites excluding steroid dienone is 1. The van der Waals surface area contributed by atoms with Crippen LogP contribution in [-0.2, 0) is 19.4 Å². The summed E-state index contributed by atoms with van der Waals surface area (Å²) in [5.74, 6) is -0.416. The average Bonchev–Trinajstić information content (AvgIpc) is 2.64. The maximum absolute atomic E-state index is 11.5. The Labute approximate surface area is 95.1 Å². The van der Waals surface area contributed by atoms with Gasteiger partial charge >= 0.3 is 5.97 Å². The molecular weight excluding hydrogens is 230 g/mol. The predicted molar refractivity (Wildman–Crippen MR) is 61.0 cm³/mol. The highest BCUT2D eigenvalue weighted by Gasteiger charge is 2.39. The van der Waals surface area contributed by atoms with Crippen LogP contribution in [0.15, 0.2) is 16.0 Å². The smallest absolute Gasteiger partial charge is 0.313 e. The predicted octanol–water partition coefficient (Wildman–Crippen LogP) is 0.567. The van der Waals surface area contributed by atoms with Crippen molar-refractivity contribution in [1.82, 2.24) is 0 Å². The van der Waals surface area contributed by atoms with Gasteiger partial charge in [0.2, 0.25) is 0 Å². The Bertz CT molecular complexity index is 459. The van der Waals surface area contributed by atoms with E-state index >= 15 is 0 Å². The van der Waals surface area contributed by atoms with Gasteiger partial charge in [0.05, 0.1) is 23.5 Å². The zero-order valence-corrected chi connectivity index (χ0v) is 10.5. The Hall–Kier alpha value is -1.17. The molecule has 6 heteroatoms. The summed E-state index contributed by atoms with van der Waals surface area (Å²) in [6, 6.07) is -0.496. The van der Waals surface area contributed by atoms with E-state index in [1.807, 2.05) is 0 Å². The van der Waals surface area contributed by atoms with E-state index in [2.05, 4.69) is 9.73 Å². The molecule has 0 aliphatic carbocycles. The second-order valence-electron chi connectivity index (χ2n) is 4.28. The van der Waals surface area contributed by atoms with E-state index in [0.29, 0.717) is 0 Å². The first-order valence-electron chi connectivity index (χ1n) is 4.73. The molecule has 1 aliphatic rings. The molecule has 0 aromatic carbocycles. The highest BCUT2D eigenvalue weighted by atomic mass is 32.2. The van der Waals surface area contributed by atoms with Crippen LogP contribution in [0.3, 0.4) is 0 Å². The lowest BCUT2D eigenvalue weighted by Crippen LogP contribution is -2.35. The molecule has 0 aromatic heterocycles. The third kappa shape index (κ3) is 2.32. The van der Waals surface area contributed by atoms with Gasteiger partial charge in [-0.1, -0.05) is 0 Å². The number of nitrogens with zero attached hydrogens (tertiary/aromatic N) is 1. The van der Waals surface area contributed by atoms with Crippen molar-refractivity contribution in [3.63, 3.8) is 0 Å². The number of sulfone groups is 1. The first-order valence-corrected chi connectivity index (χ1v) is 6.62. The molecule has 16 heavy (non-hydrogen) atoms. The quantitative estimate of drug-likeness (QED) is 0.681. The molecule has 0 bridgehead atoms. The van der Waals surface area contributed by atoms with Gasteiger partial charge in [-0.25, -0.2) is 8.42 Å². The van der Waals surface area contributed by atoms with E-state index in [1.54, 1.807) is 13.8 Å². The minimum atomic E-state index is -3.27. The van der Waals surface area contributed by atoms with Crippen LogP contribution in [0.25, 0.3) is 0 Å². The van der Waals surface area contributed by atoms with Crippen LogP contribution in [0.2, 0.25) is 0 Å². The molecule has 1 atom stereocenters. The van der Waals surface area contributed by atoms with Gasteiger partial charge in [0.1, 0.15) is 0 Å². The van der Waals surface area contributed by atoms with Crippen molar-refractivity contribution in [3.8, 4) is 0 Å². The second kappa shape index (κ2) is 4.01. The molecule has 0 fully saturated rings. The second-order valence-corrected chi connectivity index (χ2v) is 6.29. The summed E-state index contributed by atoms with van der Waals surface area (Å²) in [5, 5.41) is 0. The molecule has 0 N–H and O–H groups in total. The van der Waals surface area contributed by atoms with Crippen LogP contribution in [0, 0.1) is 5.41 Å². The lowest BCUT2D eigenvalue weighted by molar-refractivity contribution is -0.151. The van der Waals surface area contributed by atoms with Gasteiger partial charge < -0.3 is 4.74 Å². The molecule has 1 rings (SSSR count). The molecule has 0 aromatic rings. The number of methoxy groups -OCH3 is 1. The zero-order valence-electron chi connectivity index (χ0n) is 9.72. The third-order valence-corrected chi connectivity index (χ3v) is 3.66. The Morgan fingerprint density at radius 3 is 2.44 bits per heavy atom. The molecule has 0 radical (unpaired) electrons. The number of hydrogen-bond acceptors (Lipinski definition) is 5. The van der Waals surface area contributed by atoms with E-state index in [-0.39, 0.29) is 4.91 Å². The van der Waals surface area contributed by atoms with Crippen LogP contribution in [0.5, 0.6) is 0 Å². The lowest BCUT2D eigenvalue weighted by atomic mass is 9.85. The molecule has 0 spiro atoms. The van der Waals surface area contributed by atoms with Crippen LogP contribution in [-0.4, -0.2) is 40.0 Å². The average molecular weight is 245 g/mol. The highest BCUT2D eigenvalue weighted by Crippen LogP contribution is 2.30. The van der Waals surface area contributed by atoms with E-state index in [9.17, 15) is 13.2 Å². The van der Waals surface area contributed by atoms with E-state index < -0.39 is 27.3 Å². The van der Waals surface area contributed by atoms with Crippen molar-refractivity contribution in [2.24, 2.45) is 10.4 Å². The molecule has 90 valence electrons. The molecule has 1 aliphatic heterocycles. The molecule has 0 saturated carbocycles. The van der Waals surface area contributed by atoms with Gasteiger partial charge in [0.15, 0.2) is 9.84 Å². The number of aliphatic imine (C=N–C) groups is 1. The van der Waals surface area contributed by atoms with Gasteiger partial charge in [-0.05, 0) is 19.9 Å². The minimum absolute atomic E-state index is 0.148. The topological polar surface area (TPSA) is 72.8 Å². The number of esters is 1. The third-order valence-electron chi connectivity index (χ3n) is 2.56. The zero-order chi connectivity index (χ0) is 12.6. The molecule has 1 heterocycles. The van der Waals surface area contributed by atoms with E-state index in [0.717, 1.165) is 6.26 Å². The molecular formula is C10H15NO4S. The van der Waals surface area contributed by atoms with Crippen LogP contribution in [0.4, 0.5) is 0 Å². The fourth-order valence-electron chi connectivity index (χ4n) is 1.39. The lowest BCUT2D eigenvalue weighted by Gasteiger charge is -2.24. The van der Waals surface area contributed by atoms with Gasteiger partial charge in [-0.3, -0.25) is 9.79 Å². The number of carbonyl (C=O) groups is 1. The Kier molecular flexibility index (Phi) is 3.23. The number of ether oxygens (including phenoxy) is 1. The van der Waals surface area contributed by atoms with E-state index in [1.165, 1.54) is 19.4 Å². The van der Waals surface area contributed by atoms with Crippen molar-refractivity contribution in [2.75, 3.05) is 13.4 Å². The van der Waals surface area contributed by atoms with Crippen molar-refractivity contribution in [2.45, 2.75) is 19.9 Å². The Balaban J connectivity index is 3.01. The molecule has 5 nitrogen and oxygen atoms in total. The summed E-state index contributed by atoms with van der Waals surface area (Å²) >= 11 is 0. The SMILES string of the molecule is COC(=O)C(C)(C)C1C=C(S(C)(=O)=O)C=N1. The summed E-state index contributed by atoms with van der Waals surface area (Å²) < 4.78 is 27.2. The first-order chi connectivity index (χ1) is 7.19. The van der Waals surface area contributed by atoms with Crippen LogP contribution in [0.1, 0.15) is 13.8 Å². The van der Waals surface area contributed by atoms with Crippen LogP contribution >= 0.6 is 0 Å². The van der Waals surface area contributed by atoms with Gasteiger partial charge in [-0.2, -0.15) is 0 Å². The number of carbonyl (C=O) groups excluding carboxylic acids is 1. The van der Waals surface area contributed by atoms with E-state index in [4.69, 9.17) is 0 Å². The first kappa shape index (κ1) is 12.9. The summed E-state index contributed by atoms with van der Waals surface area (Å²) in [7, 11) is -1.97. The fraction of sp³-hybridized carbons (Fsp3) is 0.600. The number of hydrogen-bond donors (Lipinski definition) is 0. The van der Waals surface area contributed by atoms with Crippen molar-refractivity contribution >= 4 is 22.0 Å². The van der Waals surface area contributed by atoms with Gasteiger partial charge in [-0.15, -0.1) is 0 Å².